The fourth-order valence-electron chi connectivity index (χ4n) is 2.61. The first-order valence-electron chi connectivity index (χ1n) is 7.17. The van der Waals surface area contributed by atoms with E-state index in [4.69, 9.17) is 0 Å². The summed E-state index contributed by atoms with van der Waals surface area (Å²) < 4.78 is 2.96. The molecule has 110 valence electrons. The molecule has 0 aromatic carbocycles. The zero-order chi connectivity index (χ0) is 14.9. The van der Waals surface area contributed by atoms with E-state index in [2.05, 4.69) is 49.7 Å². The molecular formula is C16H23BrN2O. The van der Waals surface area contributed by atoms with E-state index in [0.29, 0.717) is 0 Å². The van der Waals surface area contributed by atoms with Gasteiger partial charge in [0, 0.05) is 30.3 Å². The van der Waals surface area contributed by atoms with Gasteiger partial charge in [0.2, 0.25) is 0 Å². The largest absolute Gasteiger partial charge is 0.343 e. The number of carbonyl (C=O) groups is 1. The molecular weight excluding hydrogens is 316 g/mol. The van der Waals surface area contributed by atoms with Crippen LogP contribution in [-0.2, 0) is 6.54 Å². The third-order valence-corrected chi connectivity index (χ3v) is 4.32. The van der Waals surface area contributed by atoms with Crippen LogP contribution in [0.15, 0.2) is 28.4 Å². The van der Waals surface area contributed by atoms with Gasteiger partial charge >= 0.3 is 0 Å². The Morgan fingerprint density at radius 2 is 2.10 bits per heavy atom. The van der Waals surface area contributed by atoms with Crippen molar-refractivity contribution in [2.75, 3.05) is 13.1 Å². The van der Waals surface area contributed by atoms with E-state index in [1.165, 1.54) is 5.57 Å². The van der Waals surface area contributed by atoms with Crippen LogP contribution >= 0.6 is 15.9 Å². The molecule has 0 saturated heterocycles. The molecule has 0 spiro atoms. The predicted molar refractivity (Wildman–Crippen MR) is 85.9 cm³/mol. The molecule has 0 N–H and O–H groups in total. The maximum atomic E-state index is 12.6. The number of hydrogen-bond acceptors (Lipinski definition) is 1. The summed E-state index contributed by atoms with van der Waals surface area (Å²) in [6, 6.07) is 1.91. The summed E-state index contributed by atoms with van der Waals surface area (Å²) in [5.41, 5.74) is 2.43. The molecule has 1 aliphatic rings. The highest BCUT2D eigenvalue weighted by molar-refractivity contribution is 9.10. The molecule has 1 aromatic heterocycles. The summed E-state index contributed by atoms with van der Waals surface area (Å²) in [5.74, 6) is 0.127. The highest BCUT2D eigenvalue weighted by Gasteiger charge is 2.25. The summed E-state index contributed by atoms with van der Waals surface area (Å²) in [6.45, 7) is 11.1. The predicted octanol–water partition coefficient (Wildman–Crippen LogP) is 4.09. The lowest BCUT2D eigenvalue weighted by Crippen LogP contribution is -2.37. The lowest BCUT2D eigenvalue weighted by atomic mass is 9.83. The molecule has 0 bridgehead atoms. The fraction of sp³-hybridized carbons (Fsp3) is 0.562. The number of rotatable bonds is 2. The van der Waals surface area contributed by atoms with E-state index < -0.39 is 0 Å². The maximum absolute atomic E-state index is 12.6. The number of aryl methyl sites for hydroxylation is 1. The number of amides is 1. The highest BCUT2D eigenvalue weighted by Crippen LogP contribution is 2.30. The first-order valence-corrected chi connectivity index (χ1v) is 7.96. The molecule has 0 saturated carbocycles. The zero-order valence-electron chi connectivity index (χ0n) is 12.7. The molecule has 4 heteroatoms. The van der Waals surface area contributed by atoms with Gasteiger partial charge in [-0.1, -0.05) is 32.4 Å². The van der Waals surface area contributed by atoms with E-state index in [-0.39, 0.29) is 11.3 Å². The summed E-state index contributed by atoms with van der Waals surface area (Å²) in [4.78, 5) is 14.5. The Morgan fingerprint density at radius 3 is 2.60 bits per heavy atom. The van der Waals surface area contributed by atoms with E-state index >= 15 is 0 Å². The maximum Gasteiger partial charge on any atom is 0.270 e. The van der Waals surface area contributed by atoms with Gasteiger partial charge in [-0.05, 0) is 40.8 Å². The SMILES string of the molecule is CCn1cc(Br)cc1C(=O)N1CC=C(C(C)(C)C)CC1. The molecule has 2 heterocycles. The lowest BCUT2D eigenvalue weighted by molar-refractivity contribution is 0.0754. The Hall–Kier alpha value is -1.03. The van der Waals surface area contributed by atoms with Crippen molar-refractivity contribution in [1.29, 1.82) is 0 Å². The van der Waals surface area contributed by atoms with Crippen LogP contribution in [0, 0.1) is 5.41 Å². The normalized spacial score (nSPS) is 16.2. The third-order valence-electron chi connectivity index (χ3n) is 3.88. The van der Waals surface area contributed by atoms with Crippen LogP contribution < -0.4 is 0 Å². The molecule has 2 rings (SSSR count). The van der Waals surface area contributed by atoms with Crippen molar-refractivity contribution in [3.8, 4) is 0 Å². The number of aromatic nitrogens is 1. The first-order chi connectivity index (χ1) is 9.32. The Labute approximate surface area is 129 Å². The minimum absolute atomic E-state index is 0.127. The fourth-order valence-corrected chi connectivity index (χ4v) is 3.08. The second-order valence-electron chi connectivity index (χ2n) is 6.31. The molecule has 1 aliphatic heterocycles. The van der Waals surface area contributed by atoms with Gasteiger partial charge in [0.05, 0.1) is 0 Å². The van der Waals surface area contributed by atoms with Crippen molar-refractivity contribution in [3.05, 3.63) is 34.1 Å². The van der Waals surface area contributed by atoms with Gasteiger partial charge in [-0.3, -0.25) is 4.79 Å². The monoisotopic (exact) mass is 338 g/mol. The summed E-state index contributed by atoms with van der Waals surface area (Å²) in [6.07, 6.45) is 5.16. The van der Waals surface area contributed by atoms with Gasteiger partial charge in [0.1, 0.15) is 5.69 Å². The molecule has 0 aliphatic carbocycles. The van der Waals surface area contributed by atoms with Crippen LogP contribution in [0.1, 0.15) is 44.6 Å². The standard InChI is InChI=1S/C16H23BrN2O/c1-5-18-11-13(17)10-14(18)15(20)19-8-6-12(7-9-19)16(2,3)4/h6,10-11H,5,7-9H2,1-4H3. The second kappa shape index (κ2) is 5.76. The molecule has 0 radical (unpaired) electrons. The molecule has 0 unspecified atom stereocenters. The number of carbonyl (C=O) groups excluding carboxylic acids is 1. The first kappa shape index (κ1) is 15.4. The van der Waals surface area contributed by atoms with Crippen molar-refractivity contribution >= 4 is 21.8 Å². The van der Waals surface area contributed by atoms with Crippen LogP contribution in [0.4, 0.5) is 0 Å². The molecule has 1 amide bonds. The Morgan fingerprint density at radius 1 is 1.40 bits per heavy atom. The van der Waals surface area contributed by atoms with Gasteiger partial charge < -0.3 is 9.47 Å². The van der Waals surface area contributed by atoms with Gasteiger partial charge in [-0.15, -0.1) is 0 Å². The van der Waals surface area contributed by atoms with Crippen LogP contribution in [0.5, 0.6) is 0 Å². The molecule has 3 nitrogen and oxygen atoms in total. The van der Waals surface area contributed by atoms with Gasteiger partial charge in [0.15, 0.2) is 0 Å². The zero-order valence-corrected chi connectivity index (χ0v) is 14.3. The minimum Gasteiger partial charge on any atom is -0.343 e. The average Bonchev–Trinajstić information content (AvgIpc) is 2.78. The summed E-state index contributed by atoms with van der Waals surface area (Å²) in [5, 5.41) is 0. The Balaban J connectivity index is 2.14. The Bertz CT molecular complexity index is 537. The van der Waals surface area contributed by atoms with Crippen LogP contribution in [0.3, 0.4) is 0 Å². The number of hydrogen-bond donors (Lipinski definition) is 0. The summed E-state index contributed by atoms with van der Waals surface area (Å²) >= 11 is 3.45. The van der Waals surface area contributed by atoms with Crippen LogP contribution in [0.2, 0.25) is 0 Å². The van der Waals surface area contributed by atoms with E-state index in [1.54, 1.807) is 0 Å². The van der Waals surface area contributed by atoms with E-state index in [0.717, 1.165) is 36.2 Å². The van der Waals surface area contributed by atoms with Crippen molar-refractivity contribution in [3.63, 3.8) is 0 Å². The quantitative estimate of drug-likeness (QED) is 0.745. The van der Waals surface area contributed by atoms with Gasteiger partial charge in [-0.25, -0.2) is 0 Å². The number of halogens is 1. The van der Waals surface area contributed by atoms with Crippen molar-refractivity contribution in [2.45, 2.75) is 40.7 Å². The van der Waals surface area contributed by atoms with Crippen LogP contribution in [0.25, 0.3) is 0 Å². The molecule has 20 heavy (non-hydrogen) atoms. The molecule has 0 atom stereocenters. The Kier molecular flexibility index (Phi) is 4.43. The third kappa shape index (κ3) is 3.17. The van der Waals surface area contributed by atoms with Crippen LogP contribution in [-0.4, -0.2) is 28.5 Å². The molecule has 1 aromatic rings. The summed E-state index contributed by atoms with van der Waals surface area (Å²) in [7, 11) is 0. The minimum atomic E-state index is 0.127. The van der Waals surface area contributed by atoms with Gasteiger partial charge in [-0.2, -0.15) is 0 Å². The van der Waals surface area contributed by atoms with Gasteiger partial charge in [0.25, 0.3) is 5.91 Å². The second-order valence-corrected chi connectivity index (χ2v) is 7.23. The highest BCUT2D eigenvalue weighted by atomic mass is 79.9. The number of nitrogens with zero attached hydrogens (tertiary/aromatic N) is 2. The van der Waals surface area contributed by atoms with E-state index in [9.17, 15) is 4.79 Å². The topological polar surface area (TPSA) is 25.2 Å². The lowest BCUT2D eigenvalue weighted by Gasteiger charge is -2.32. The average molecular weight is 339 g/mol. The van der Waals surface area contributed by atoms with Crippen molar-refractivity contribution in [1.82, 2.24) is 9.47 Å². The van der Waals surface area contributed by atoms with Crippen molar-refractivity contribution in [2.24, 2.45) is 5.41 Å². The smallest absolute Gasteiger partial charge is 0.270 e. The molecule has 0 fully saturated rings. The van der Waals surface area contributed by atoms with E-state index in [1.807, 2.05) is 21.7 Å². The van der Waals surface area contributed by atoms with Crippen molar-refractivity contribution < 1.29 is 4.79 Å².